The minimum atomic E-state index is -3.36. The third-order valence-electron chi connectivity index (χ3n) is 3.23. The predicted octanol–water partition coefficient (Wildman–Crippen LogP) is 2.44. The first-order valence-corrected chi connectivity index (χ1v) is 8.78. The molecule has 0 aliphatic carbocycles. The van der Waals surface area contributed by atoms with Gasteiger partial charge in [0.1, 0.15) is 0 Å². The van der Waals surface area contributed by atoms with Crippen LogP contribution in [0.15, 0.2) is 11.0 Å². The highest BCUT2D eigenvalue weighted by atomic mass is 32.2. The Bertz CT molecular complexity index is 509. The van der Waals surface area contributed by atoms with Gasteiger partial charge >= 0.3 is 0 Å². The quantitative estimate of drug-likeness (QED) is 0.842. The SMILES string of the molecule is CCC(C)CN(C)S(=O)(=O)c1cc(CNC)sc1C. The Labute approximate surface area is 120 Å². The van der Waals surface area contributed by atoms with Crippen LogP contribution in [0.5, 0.6) is 0 Å². The Kier molecular flexibility index (Phi) is 5.98. The summed E-state index contributed by atoms with van der Waals surface area (Å²) in [5.41, 5.74) is 0. The van der Waals surface area contributed by atoms with E-state index in [1.165, 1.54) is 15.6 Å². The summed E-state index contributed by atoms with van der Waals surface area (Å²) < 4.78 is 26.5. The molecule has 1 aromatic heterocycles. The Morgan fingerprint density at radius 1 is 1.47 bits per heavy atom. The molecule has 0 spiro atoms. The smallest absolute Gasteiger partial charge is 0.243 e. The lowest BCUT2D eigenvalue weighted by molar-refractivity contribution is 0.393. The van der Waals surface area contributed by atoms with E-state index in [0.717, 1.165) is 16.2 Å². The van der Waals surface area contributed by atoms with Crippen molar-refractivity contribution in [2.24, 2.45) is 5.92 Å². The fourth-order valence-electron chi connectivity index (χ4n) is 1.88. The first-order valence-electron chi connectivity index (χ1n) is 6.53. The second-order valence-electron chi connectivity index (χ2n) is 4.96. The van der Waals surface area contributed by atoms with Gasteiger partial charge in [-0.3, -0.25) is 0 Å². The number of hydrogen-bond donors (Lipinski definition) is 1. The second-order valence-corrected chi connectivity index (χ2v) is 8.32. The highest BCUT2D eigenvalue weighted by molar-refractivity contribution is 7.89. The van der Waals surface area contributed by atoms with Crippen molar-refractivity contribution >= 4 is 21.4 Å². The molecule has 1 rings (SSSR count). The van der Waals surface area contributed by atoms with Crippen LogP contribution in [0.2, 0.25) is 0 Å². The Balaban J connectivity index is 2.99. The predicted molar refractivity (Wildman–Crippen MR) is 81.1 cm³/mol. The molecule has 1 unspecified atom stereocenters. The van der Waals surface area contributed by atoms with Crippen LogP contribution >= 0.6 is 11.3 Å². The summed E-state index contributed by atoms with van der Waals surface area (Å²) in [4.78, 5) is 2.37. The molecular weight excluding hydrogens is 280 g/mol. The Morgan fingerprint density at radius 3 is 2.63 bits per heavy atom. The van der Waals surface area contributed by atoms with Gasteiger partial charge in [0.05, 0.1) is 4.90 Å². The molecule has 1 N–H and O–H groups in total. The number of nitrogens with zero attached hydrogens (tertiary/aromatic N) is 1. The summed E-state index contributed by atoms with van der Waals surface area (Å²) >= 11 is 1.54. The minimum Gasteiger partial charge on any atom is -0.315 e. The summed E-state index contributed by atoms with van der Waals surface area (Å²) in [6, 6.07) is 1.79. The molecule has 0 saturated carbocycles. The third kappa shape index (κ3) is 4.02. The highest BCUT2D eigenvalue weighted by Crippen LogP contribution is 2.28. The maximum absolute atomic E-state index is 12.5. The van der Waals surface area contributed by atoms with Crippen LogP contribution in [0.4, 0.5) is 0 Å². The number of thiophene rings is 1. The van der Waals surface area contributed by atoms with Crippen LogP contribution in [-0.2, 0) is 16.6 Å². The van der Waals surface area contributed by atoms with Crippen molar-refractivity contribution in [1.29, 1.82) is 0 Å². The largest absolute Gasteiger partial charge is 0.315 e. The Hall–Kier alpha value is -0.430. The molecular formula is C13H24N2O2S2. The van der Waals surface area contributed by atoms with Crippen LogP contribution in [0, 0.1) is 12.8 Å². The van der Waals surface area contributed by atoms with Gasteiger partial charge in [0, 0.05) is 29.9 Å². The van der Waals surface area contributed by atoms with Gasteiger partial charge in [-0.15, -0.1) is 11.3 Å². The fourth-order valence-corrected chi connectivity index (χ4v) is 4.78. The molecule has 0 aromatic carbocycles. The lowest BCUT2D eigenvalue weighted by atomic mass is 10.1. The van der Waals surface area contributed by atoms with Gasteiger partial charge in [0.15, 0.2) is 0 Å². The van der Waals surface area contributed by atoms with Crippen LogP contribution in [0.1, 0.15) is 30.0 Å². The highest BCUT2D eigenvalue weighted by Gasteiger charge is 2.25. The average Bonchev–Trinajstić information content (AvgIpc) is 2.71. The molecule has 4 nitrogen and oxygen atoms in total. The molecule has 1 atom stereocenters. The molecule has 0 bridgehead atoms. The van der Waals surface area contributed by atoms with E-state index < -0.39 is 10.0 Å². The maximum Gasteiger partial charge on any atom is 0.243 e. The molecule has 6 heteroatoms. The lowest BCUT2D eigenvalue weighted by Gasteiger charge is -2.20. The lowest BCUT2D eigenvalue weighted by Crippen LogP contribution is -2.31. The third-order valence-corrected chi connectivity index (χ3v) is 6.36. The van der Waals surface area contributed by atoms with E-state index in [1.54, 1.807) is 13.1 Å². The van der Waals surface area contributed by atoms with E-state index in [2.05, 4.69) is 19.2 Å². The van der Waals surface area contributed by atoms with Gasteiger partial charge in [0.2, 0.25) is 10.0 Å². The Morgan fingerprint density at radius 2 is 2.11 bits per heavy atom. The van der Waals surface area contributed by atoms with Crippen LogP contribution in [-0.4, -0.2) is 33.4 Å². The fraction of sp³-hybridized carbons (Fsp3) is 0.692. The zero-order valence-corrected chi connectivity index (χ0v) is 14.0. The first-order chi connectivity index (χ1) is 8.82. The van der Waals surface area contributed by atoms with Crippen molar-refractivity contribution in [3.63, 3.8) is 0 Å². The molecule has 0 radical (unpaired) electrons. The molecule has 1 aromatic rings. The van der Waals surface area contributed by atoms with Crippen molar-refractivity contribution in [3.8, 4) is 0 Å². The first kappa shape index (κ1) is 16.6. The summed E-state index contributed by atoms with van der Waals surface area (Å²) in [5.74, 6) is 0.371. The maximum atomic E-state index is 12.5. The van der Waals surface area contributed by atoms with Crippen LogP contribution in [0.25, 0.3) is 0 Å². The number of rotatable bonds is 7. The number of hydrogen-bond acceptors (Lipinski definition) is 4. The standard InChI is InChI=1S/C13H24N2O2S2/c1-6-10(2)9-15(5)19(16,17)13-7-12(8-14-4)18-11(13)3/h7,10,14H,6,8-9H2,1-5H3. The zero-order chi connectivity index (χ0) is 14.6. The van der Waals surface area contributed by atoms with Crippen molar-refractivity contribution in [2.75, 3.05) is 20.6 Å². The topological polar surface area (TPSA) is 49.4 Å². The van der Waals surface area contributed by atoms with Crippen molar-refractivity contribution in [3.05, 3.63) is 15.8 Å². The van der Waals surface area contributed by atoms with Crippen molar-refractivity contribution in [1.82, 2.24) is 9.62 Å². The number of sulfonamides is 1. The van der Waals surface area contributed by atoms with E-state index in [0.29, 0.717) is 23.9 Å². The van der Waals surface area contributed by atoms with Gasteiger partial charge in [-0.1, -0.05) is 20.3 Å². The van der Waals surface area contributed by atoms with Gasteiger partial charge < -0.3 is 5.32 Å². The van der Waals surface area contributed by atoms with Crippen LogP contribution in [0.3, 0.4) is 0 Å². The average molecular weight is 304 g/mol. The molecule has 0 fully saturated rings. The molecule has 0 amide bonds. The van der Waals surface area contributed by atoms with E-state index in [4.69, 9.17) is 0 Å². The minimum absolute atomic E-state index is 0.371. The molecule has 0 saturated heterocycles. The van der Waals surface area contributed by atoms with Gasteiger partial charge in [-0.05, 0) is 26.0 Å². The van der Waals surface area contributed by atoms with Crippen LogP contribution < -0.4 is 5.32 Å². The molecule has 1 heterocycles. The van der Waals surface area contributed by atoms with Crippen molar-refractivity contribution < 1.29 is 8.42 Å². The molecule has 0 aliphatic rings. The monoisotopic (exact) mass is 304 g/mol. The van der Waals surface area contributed by atoms with Gasteiger partial charge in [-0.2, -0.15) is 0 Å². The van der Waals surface area contributed by atoms with E-state index >= 15 is 0 Å². The van der Waals surface area contributed by atoms with E-state index in [-0.39, 0.29) is 0 Å². The number of aryl methyl sites for hydroxylation is 1. The van der Waals surface area contributed by atoms with Gasteiger partial charge in [0.25, 0.3) is 0 Å². The summed E-state index contributed by atoms with van der Waals surface area (Å²) in [6.45, 7) is 7.28. The van der Waals surface area contributed by atoms with E-state index in [9.17, 15) is 8.42 Å². The zero-order valence-electron chi connectivity index (χ0n) is 12.4. The summed E-state index contributed by atoms with van der Waals surface area (Å²) in [7, 11) is 0.166. The summed E-state index contributed by atoms with van der Waals surface area (Å²) in [6.07, 6.45) is 0.980. The van der Waals surface area contributed by atoms with E-state index in [1.807, 2.05) is 14.0 Å². The second kappa shape index (κ2) is 6.83. The number of nitrogens with one attached hydrogen (secondary N) is 1. The molecule has 19 heavy (non-hydrogen) atoms. The normalized spacial score (nSPS) is 14.0. The molecule has 0 aliphatic heterocycles. The molecule has 110 valence electrons. The summed E-state index contributed by atoms with van der Waals surface area (Å²) in [5, 5.41) is 3.05. The van der Waals surface area contributed by atoms with Gasteiger partial charge in [-0.25, -0.2) is 12.7 Å². The van der Waals surface area contributed by atoms with Crippen molar-refractivity contribution in [2.45, 2.75) is 38.6 Å².